The monoisotopic (exact) mass is 184 g/mol. The van der Waals surface area contributed by atoms with Gasteiger partial charge in [0.2, 0.25) is 6.41 Å². The highest BCUT2D eigenvalue weighted by atomic mass is 16.3. The van der Waals surface area contributed by atoms with Crippen LogP contribution in [0.4, 0.5) is 5.88 Å². The summed E-state index contributed by atoms with van der Waals surface area (Å²) in [6, 6.07) is 3.36. The van der Waals surface area contributed by atoms with E-state index in [-0.39, 0.29) is 0 Å². The van der Waals surface area contributed by atoms with Crippen molar-refractivity contribution in [1.29, 1.82) is 0 Å². The van der Waals surface area contributed by atoms with Crippen molar-refractivity contribution in [2.75, 3.05) is 18.4 Å². The number of nitrogens with one attached hydrogen (secondary N) is 2. The molecule has 0 unspecified atom stereocenters. The minimum absolute atomic E-state index is 0.472. The Morgan fingerprint density at radius 2 is 2.15 bits per heavy atom. The zero-order valence-electron chi connectivity index (χ0n) is 8.04. The first-order valence-electron chi connectivity index (χ1n) is 4.29. The normalized spacial score (nSPS) is 8.46. The Labute approximate surface area is 78.3 Å². The predicted octanol–water partition coefficient (Wildman–Crippen LogP) is 1.46. The van der Waals surface area contributed by atoms with Gasteiger partial charge < -0.3 is 9.73 Å². The van der Waals surface area contributed by atoms with Crippen LogP contribution < -0.4 is 10.6 Å². The summed E-state index contributed by atoms with van der Waals surface area (Å²) in [6.07, 6.45) is 2.06. The molecule has 4 heteroatoms. The molecule has 4 nitrogen and oxygen atoms in total. The summed E-state index contributed by atoms with van der Waals surface area (Å²) in [7, 11) is 0. The standard InChI is InChI=1S/C5H5NO2.C4H11N/c7-4-6-5-2-1-3-8-5;1-3-5-4-2/h1-4H,(H,6,7);5H,3-4H2,1-2H3. The highest BCUT2D eigenvalue weighted by Gasteiger charge is 1.86. The summed E-state index contributed by atoms with van der Waals surface area (Å²) in [5.74, 6) is 0.472. The molecule has 2 N–H and O–H groups in total. The molecule has 0 aromatic carbocycles. The first-order chi connectivity index (χ1) is 6.35. The Morgan fingerprint density at radius 1 is 1.46 bits per heavy atom. The average molecular weight is 184 g/mol. The van der Waals surface area contributed by atoms with Crippen molar-refractivity contribution in [2.24, 2.45) is 0 Å². The topological polar surface area (TPSA) is 54.3 Å². The summed E-state index contributed by atoms with van der Waals surface area (Å²) in [6.45, 7) is 6.39. The molecule has 1 amide bonds. The molecule has 0 atom stereocenters. The van der Waals surface area contributed by atoms with E-state index >= 15 is 0 Å². The third kappa shape index (κ3) is 7.08. The Balaban J connectivity index is 0.000000252. The van der Waals surface area contributed by atoms with Crippen LogP contribution in [0.3, 0.4) is 0 Å². The molecular formula is C9H16N2O2. The van der Waals surface area contributed by atoms with Gasteiger partial charge in [-0.15, -0.1) is 0 Å². The molecule has 0 aliphatic carbocycles. The van der Waals surface area contributed by atoms with Gasteiger partial charge in [-0.3, -0.25) is 10.1 Å². The lowest BCUT2D eigenvalue weighted by Crippen LogP contribution is -2.09. The molecule has 0 radical (unpaired) electrons. The zero-order valence-corrected chi connectivity index (χ0v) is 8.04. The smallest absolute Gasteiger partial charge is 0.213 e. The molecule has 1 aromatic rings. The van der Waals surface area contributed by atoms with Gasteiger partial charge in [0.1, 0.15) is 0 Å². The number of anilines is 1. The fraction of sp³-hybridized carbons (Fsp3) is 0.444. The maximum Gasteiger partial charge on any atom is 0.213 e. The predicted molar refractivity (Wildman–Crippen MR) is 52.6 cm³/mol. The van der Waals surface area contributed by atoms with Crippen LogP contribution in [0, 0.1) is 0 Å². The van der Waals surface area contributed by atoms with Crippen molar-refractivity contribution >= 4 is 12.3 Å². The van der Waals surface area contributed by atoms with Gasteiger partial charge in [0.25, 0.3) is 0 Å². The minimum atomic E-state index is 0.472. The van der Waals surface area contributed by atoms with Crippen LogP contribution in [-0.2, 0) is 4.79 Å². The zero-order chi connectivity index (χ0) is 9.94. The average Bonchev–Trinajstić information content (AvgIpc) is 2.60. The van der Waals surface area contributed by atoms with Crippen LogP contribution in [0.2, 0.25) is 0 Å². The summed E-state index contributed by atoms with van der Waals surface area (Å²) >= 11 is 0. The van der Waals surface area contributed by atoms with E-state index in [0.29, 0.717) is 12.3 Å². The van der Waals surface area contributed by atoms with Crippen molar-refractivity contribution < 1.29 is 9.21 Å². The van der Waals surface area contributed by atoms with E-state index in [0.717, 1.165) is 13.1 Å². The summed E-state index contributed by atoms with van der Waals surface area (Å²) in [5, 5.41) is 5.45. The third-order valence-corrected chi connectivity index (χ3v) is 1.22. The van der Waals surface area contributed by atoms with Gasteiger partial charge >= 0.3 is 0 Å². The summed E-state index contributed by atoms with van der Waals surface area (Å²) < 4.78 is 4.73. The lowest BCUT2D eigenvalue weighted by Gasteiger charge is -1.86. The molecule has 0 aliphatic rings. The lowest BCUT2D eigenvalue weighted by molar-refractivity contribution is -0.105. The van der Waals surface area contributed by atoms with E-state index in [1.165, 1.54) is 6.26 Å². The summed E-state index contributed by atoms with van der Waals surface area (Å²) in [5.41, 5.74) is 0. The van der Waals surface area contributed by atoms with E-state index in [1.54, 1.807) is 12.1 Å². The van der Waals surface area contributed by atoms with Gasteiger partial charge in [-0.1, -0.05) is 13.8 Å². The van der Waals surface area contributed by atoms with Gasteiger partial charge in [-0.2, -0.15) is 0 Å². The summed E-state index contributed by atoms with van der Waals surface area (Å²) in [4.78, 5) is 9.70. The van der Waals surface area contributed by atoms with Crippen molar-refractivity contribution in [3.8, 4) is 0 Å². The molecule has 13 heavy (non-hydrogen) atoms. The highest BCUT2D eigenvalue weighted by Crippen LogP contribution is 2.03. The van der Waals surface area contributed by atoms with Gasteiger partial charge in [0, 0.05) is 6.07 Å². The van der Waals surface area contributed by atoms with E-state index in [2.05, 4.69) is 24.5 Å². The largest absolute Gasteiger partial charge is 0.449 e. The fourth-order valence-corrected chi connectivity index (χ4v) is 0.669. The van der Waals surface area contributed by atoms with E-state index in [1.807, 2.05) is 0 Å². The molecule has 1 aromatic heterocycles. The number of hydrogen-bond acceptors (Lipinski definition) is 3. The Kier molecular flexibility index (Phi) is 7.93. The number of rotatable bonds is 4. The fourth-order valence-electron chi connectivity index (χ4n) is 0.669. The molecule has 1 heterocycles. The van der Waals surface area contributed by atoms with Gasteiger partial charge in [-0.05, 0) is 19.2 Å². The lowest BCUT2D eigenvalue weighted by atomic mass is 10.6. The highest BCUT2D eigenvalue weighted by molar-refractivity contribution is 5.67. The minimum Gasteiger partial charge on any atom is -0.449 e. The quantitative estimate of drug-likeness (QED) is 0.696. The van der Waals surface area contributed by atoms with Crippen LogP contribution in [-0.4, -0.2) is 19.5 Å². The van der Waals surface area contributed by atoms with E-state index in [4.69, 9.17) is 4.42 Å². The van der Waals surface area contributed by atoms with E-state index in [9.17, 15) is 4.79 Å². The number of hydrogen-bond donors (Lipinski definition) is 2. The second kappa shape index (κ2) is 8.80. The molecular weight excluding hydrogens is 168 g/mol. The molecule has 0 aliphatic heterocycles. The second-order valence-corrected chi connectivity index (χ2v) is 2.20. The first kappa shape index (κ1) is 11.7. The van der Waals surface area contributed by atoms with Crippen molar-refractivity contribution in [2.45, 2.75) is 13.8 Å². The van der Waals surface area contributed by atoms with Crippen LogP contribution in [0.15, 0.2) is 22.8 Å². The molecule has 0 bridgehead atoms. The van der Waals surface area contributed by atoms with Gasteiger partial charge in [-0.25, -0.2) is 0 Å². The third-order valence-electron chi connectivity index (χ3n) is 1.22. The van der Waals surface area contributed by atoms with E-state index < -0.39 is 0 Å². The molecule has 1 rings (SSSR count). The number of carbonyl (C=O) groups is 1. The van der Waals surface area contributed by atoms with Crippen molar-refractivity contribution in [3.63, 3.8) is 0 Å². The second-order valence-electron chi connectivity index (χ2n) is 2.20. The van der Waals surface area contributed by atoms with Crippen LogP contribution in [0.1, 0.15) is 13.8 Å². The molecule has 0 spiro atoms. The molecule has 0 fully saturated rings. The maximum absolute atomic E-state index is 9.70. The molecule has 74 valence electrons. The SMILES string of the molecule is CCNCC.O=CNc1ccco1. The Bertz CT molecular complexity index is 195. The van der Waals surface area contributed by atoms with Gasteiger partial charge in [0.15, 0.2) is 5.88 Å². The number of amides is 1. The first-order valence-corrected chi connectivity index (χ1v) is 4.29. The Morgan fingerprint density at radius 3 is 2.46 bits per heavy atom. The Hall–Kier alpha value is -1.29. The number of furan rings is 1. The van der Waals surface area contributed by atoms with Crippen molar-refractivity contribution in [3.05, 3.63) is 18.4 Å². The van der Waals surface area contributed by atoms with Crippen LogP contribution in [0.25, 0.3) is 0 Å². The maximum atomic E-state index is 9.70. The molecule has 0 saturated carbocycles. The van der Waals surface area contributed by atoms with Gasteiger partial charge in [0.05, 0.1) is 6.26 Å². The number of carbonyl (C=O) groups excluding carboxylic acids is 1. The van der Waals surface area contributed by atoms with Crippen LogP contribution in [0.5, 0.6) is 0 Å². The molecule has 0 saturated heterocycles. The van der Waals surface area contributed by atoms with Crippen molar-refractivity contribution in [1.82, 2.24) is 5.32 Å². The van der Waals surface area contributed by atoms with Crippen LogP contribution >= 0.6 is 0 Å².